The molecule has 2 fully saturated rings. The van der Waals surface area contributed by atoms with E-state index < -0.39 is 0 Å². The zero-order chi connectivity index (χ0) is 12.3. The molecule has 5 heteroatoms. The van der Waals surface area contributed by atoms with Gasteiger partial charge in [-0.15, -0.1) is 0 Å². The van der Waals surface area contributed by atoms with Gasteiger partial charge in [0.05, 0.1) is 0 Å². The Balaban J connectivity index is 1.70. The van der Waals surface area contributed by atoms with Crippen molar-refractivity contribution in [3.8, 4) is 0 Å². The fourth-order valence-corrected chi connectivity index (χ4v) is 2.07. The van der Waals surface area contributed by atoms with E-state index in [4.69, 9.17) is 0 Å². The van der Waals surface area contributed by atoms with Gasteiger partial charge in [-0.25, -0.2) is 0 Å². The number of hydrogen-bond acceptors (Lipinski definition) is 3. The van der Waals surface area contributed by atoms with E-state index in [1.165, 1.54) is 0 Å². The summed E-state index contributed by atoms with van der Waals surface area (Å²) in [5.41, 5.74) is 0. The summed E-state index contributed by atoms with van der Waals surface area (Å²) >= 11 is 0. The Morgan fingerprint density at radius 3 is 2.35 bits per heavy atom. The van der Waals surface area contributed by atoms with Gasteiger partial charge in [-0.1, -0.05) is 6.92 Å². The molecule has 0 atom stereocenters. The lowest BCUT2D eigenvalue weighted by Crippen LogP contribution is -2.49. The SMILES string of the molecule is CCN1CCN(C(=O)CC(=O)NC2CC2)CC1. The van der Waals surface area contributed by atoms with Crippen LogP contribution in [0.5, 0.6) is 0 Å². The second kappa shape index (κ2) is 5.49. The molecule has 0 spiro atoms. The van der Waals surface area contributed by atoms with E-state index in [0.717, 1.165) is 45.6 Å². The van der Waals surface area contributed by atoms with Gasteiger partial charge < -0.3 is 15.1 Å². The van der Waals surface area contributed by atoms with E-state index in [1.807, 2.05) is 0 Å². The molecule has 1 saturated carbocycles. The topological polar surface area (TPSA) is 52.7 Å². The molecule has 96 valence electrons. The first-order valence-corrected chi connectivity index (χ1v) is 6.48. The molecule has 1 aliphatic carbocycles. The van der Waals surface area contributed by atoms with Crippen LogP contribution >= 0.6 is 0 Å². The number of carbonyl (C=O) groups is 2. The third-order valence-electron chi connectivity index (χ3n) is 3.43. The van der Waals surface area contributed by atoms with E-state index in [-0.39, 0.29) is 18.2 Å². The lowest BCUT2D eigenvalue weighted by Gasteiger charge is -2.33. The molecule has 2 rings (SSSR count). The highest BCUT2D eigenvalue weighted by Gasteiger charge is 2.26. The highest BCUT2D eigenvalue weighted by molar-refractivity contribution is 5.97. The molecular weight excluding hydrogens is 218 g/mol. The number of hydrogen-bond donors (Lipinski definition) is 1. The zero-order valence-corrected chi connectivity index (χ0v) is 10.4. The maximum Gasteiger partial charge on any atom is 0.232 e. The summed E-state index contributed by atoms with van der Waals surface area (Å²) in [6, 6.07) is 0.340. The summed E-state index contributed by atoms with van der Waals surface area (Å²) in [6.45, 7) is 6.51. The molecule has 1 aliphatic heterocycles. The van der Waals surface area contributed by atoms with Crippen molar-refractivity contribution in [2.75, 3.05) is 32.7 Å². The highest BCUT2D eigenvalue weighted by Crippen LogP contribution is 2.18. The molecule has 1 heterocycles. The maximum absolute atomic E-state index is 11.9. The van der Waals surface area contributed by atoms with Gasteiger partial charge in [-0.2, -0.15) is 0 Å². The van der Waals surface area contributed by atoms with Crippen LogP contribution < -0.4 is 5.32 Å². The van der Waals surface area contributed by atoms with Gasteiger partial charge in [0.25, 0.3) is 0 Å². The van der Waals surface area contributed by atoms with E-state index in [9.17, 15) is 9.59 Å². The van der Waals surface area contributed by atoms with Crippen molar-refractivity contribution in [2.24, 2.45) is 0 Å². The molecule has 1 N–H and O–H groups in total. The third-order valence-corrected chi connectivity index (χ3v) is 3.43. The Kier molecular flexibility index (Phi) is 3.99. The average molecular weight is 239 g/mol. The standard InChI is InChI=1S/C12H21N3O2/c1-2-14-5-7-15(8-6-14)12(17)9-11(16)13-10-3-4-10/h10H,2-9H2,1H3,(H,13,16). The zero-order valence-electron chi connectivity index (χ0n) is 10.4. The number of carbonyl (C=O) groups excluding carboxylic acids is 2. The van der Waals surface area contributed by atoms with Crippen molar-refractivity contribution in [3.05, 3.63) is 0 Å². The third kappa shape index (κ3) is 3.70. The first-order chi connectivity index (χ1) is 8.19. The normalized spacial score (nSPS) is 21.4. The molecular formula is C12H21N3O2. The Morgan fingerprint density at radius 2 is 1.82 bits per heavy atom. The van der Waals surface area contributed by atoms with E-state index in [2.05, 4.69) is 17.1 Å². The molecule has 0 bridgehead atoms. The number of amides is 2. The van der Waals surface area contributed by atoms with Crippen molar-refractivity contribution < 1.29 is 9.59 Å². The van der Waals surface area contributed by atoms with Crippen molar-refractivity contribution in [1.29, 1.82) is 0 Å². The van der Waals surface area contributed by atoms with Gasteiger partial charge in [-0.05, 0) is 19.4 Å². The molecule has 17 heavy (non-hydrogen) atoms. The Morgan fingerprint density at radius 1 is 1.18 bits per heavy atom. The second-order valence-corrected chi connectivity index (χ2v) is 4.83. The summed E-state index contributed by atoms with van der Waals surface area (Å²) in [7, 11) is 0. The number of rotatable bonds is 4. The fraction of sp³-hybridized carbons (Fsp3) is 0.833. The summed E-state index contributed by atoms with van der Waals surface area (Å²) in [5.74, 6) is -0.144. The van der Waals surface area contributed by atoms with Crippen LogP contribution in [0.3, 0.4) is 0 Å². The van der Waals surface area contributed by atoms with Gasteiger partial charge in [0, 0.05) is 32.2 Å². The molecule has 2 aliphatic rings. The molecule has 2 amide bonds. The second-order valence-electron chi connectivity index (χ2n) is 4.83. The van der Waals surface area contributed by atoms with Gasteiger partial charge in [-0.3, -0.25) is 9.59 Å². The van der Waals surface area contributed by atoms with Gasteiger partial charge in [0.1, 0.15) is 6.42 Å². The van der Waals surface area contributed by atoms with Gasteiger partial charge >= 0.3 is 0 Å². The molecule has 1 saturated heterocycles. The van der Waals surface area contributed by atoms with Crippen molar-refractivity contribution >= 4 is 11.8 Å². The molecule has 0 aromatic rings. The lowest BCUT2D eigenvalue weighted by molar-refractivity contribution is -0.137. The van der Waals surface area contributed by atoms with Crippen LogP contribution in [0.15, 0.2) is 0 Å². The average Bonchev–Trinajstić information content (AvgIpc) is 3.12. The fourth-order valence-electron chi connectivity index (χ4n) is 2.07. The number of nitrogens with zero attached hydrogens (tertiary/aromatic N) is 2. The largest absolute Gasteiger partial charge is 0.353 e. The Bertz CT molecular complexity index is 294. The highest BCUT2D eigenvalue weighted by atomic mass is 16.2. The monoisotopic (exact) mass is 239 g/mol. The van der Waals surface area contributed by atoms with E-state index >= 15 is 0 Å². The smallest absolute Gasteiger partial charge is 0.232 e. The number of piperazine rings is 1. The summed E-state index contributed by atoms with van der Waals surface area (Å²) in [5, 5.41) is 2.85. The summed E-state index contributed by atoms with van der Waals surface area (Å²) in [6.07, 6.45) is 2.15. The van der Waals surface area contributed by atoms with Gasteiger partial charge in [0.15, 0.2) is 0 Å². The quantitative estimate of drug-likeness (QED) is 0.692. The van der Waals surface area contributed by atoms with E-state index in [0.29, 0.717) is 6.04 Å². The summed E-state index contributed by atoms with van der Waals surface area (Å²) < 4.78 is 0. The Hall–Kier alpha value is -1.10. The molecule has 0 unspecified atom stereocenters. The van der Waals surface area contributed by atoms with Crippen LogP contribution in [0.1, 0.15) is 26.2 Å². The number of nitrogens with one attached hydrogen (secondary N) is 1. The van der Waals surface area contributed by atoms with Crippen molar-refractivity contribution in [1.82, 2.24) is 15.1 Å². The minimum atomic E-state index is -0.115. The number of likely N-dealkylation sites (N-methyl/N-ethyl adjacent to an activating group) is 1. The molecule has 0 aromatic carbocycles. The maximum atomic E-state index is 11.9. The first kappa shape index (κ1) is 12.4. The van der Waals surface area contributed by atoms with Crippen molar-refractivity contribution in [2.45, 2.75) is 32.2 Å². The van der Waals surface area contributed by atoms with E-state index in [1.54, 1.807) is 4.90 Å². The minimum absolute atomic E-state index is 0.0165. The predicted octanol–water partition coefficient (Wildman–Crippen LogP) is -0.181. The first-order valence-electron chi connectivity index (χ1n) is 6.48. The van der Waals surface area contributed by atoms with Gasteiger partial charge in [0.2, 0.25) is 11.8 Å². The van der Waals surface area contributed by atoms with Crippen LogP contribution in [0.4, 0.5) is 0 Å². The van der Waals surface area contributed by atoms with Crippen LogP contribution in [0.25, 0.3) is 0 Å². The molecule has 5 nitrogen and oxygen atoms in total. The summed E-state index contributed by atoms with van der Waals surface area (Å²) in [4.78, 5) is 27.5. The molecule has 0 aromatic heterocycles. The molecule has 0 radical (unpaired) electrons. The van der Waals surface area contributed by atoms with Crippen LogP contribution in [0.2, 0.25) is 0 Å². The lowest BCUT2D eigenvalue weighted by atomic mass is 10.2. The minimum Gasteiger partial charge on any atom is -0.353 e. The Labute approximate surface area is 102 Å². The van der Waals surface area contributed by atoms with Crippen LogP contribution in [0, 0.1) is 0 Å². The van der Waals surface area contributed by atoms with Crippen LogP contribution in [-0.4, -0.2) is 60.4 Å². The predicted molar refractivity (Wildman–Crippen MR) is 64.5 cm³/mol. The van der Waals surface area contributed by atoms with Crippen molar-refractivity contribution in [3.63, 3.8) is 0 Å². The van der Waals surface area contributed by atoms with Crippen LogP contribution in [-0.2, 0) is 9.59 Å².